The molecule has 1 atom stereocenters. The van der Waals surface area contributed by atoms with E-state index in [1.165, 1.54) is 10.6 Å². The van der Waals surface area contributed by atoms with Gasteiger partial charge < -0.3 is 10.1 Å². The summed E-state index contributed by atoms with van der Waals surface area (Å²) in [5.41, 5.74) is 2.35. The summed E-state index contributed by atoms with van der Waals surface area (Å²) in [5, 5.41) is 6.54. The average molecular weight is 304 g/mol. The molecular formula is C17H24N2OS. The standard InChI is InChI=1S/C17H24N2OS/c1-4-5-17-19-15(12-21-17)11-20-16-8-6-14(7-9-16)10-13(2)18-3/h6-9,12-13,18H,4-5,10-11H2,1-3H3. The van der Waals surface area contributed by atoms with Gasteiger partial charge in [0.25, 0.3) is 0 Å². The molecule has 3 nitrogen and oxygen atoms in total. The van der Waals surface area contributed by atoms with Crippen LogP contribution < -0.4 is 10.1 Å². The maximum atomic E-state index is 5.80. The van der Waals surface area contributed by atoms with Crippen LogP contribution in [0.15, 0.2) is 29.6 Å². The minimum Gasteiger partial charge on any atom is -0.487 e. The van der Waals surface area contributed by atoms with Crippen LogP contribution in [0.5, 0.6) is 5.75 Å². The Labute approximate surface area is 131 Å². The molecule has 1 aromatic heterocycles. The average Bonchev–Trinajstić information content (AvgIpc) is 2.94. The van der Waals surface area contributed by atoms with Crippen molar-refractivity contribution in [2.24, 2.45) is 0 Å². The molecule has 0 saturated carbocycles. The number of ether oxygens (including phenoxy) is 1. The number of aryl methyl sites for hydroxylation is 1. The van der Waals surface area contributed by atoms with Crippen LogP contribution in [0.1, 0.15) is 36.5 Å². The van der Waals surface area contributed by atoms with E-state index >= 15 is 0 Å². The van der Waals surface area contributed by atoms with E-state index in [9.17, 15) is 0 Å². The quantitative estimate of drug-likeness (QED) is 0.805. The molecule has 1 N–H and O–H groups in total. The van der Waals surface area contributed by atoms with Crippen LogP contribution in [-0.2, 0) is 19.4 Å². The SMILES string of the molecule is CCCc1nc(COc2ccc(CC(C)NC)cc2)cs1. The summed E-state index contributed by atoms with van der Waals surface area (Å²) < 4.78 is 5.80. The first-order valence-electron chi connectivity index (χ1n) is 7.53. The van der Waals surface area contributed by atoms with E-state index in [0.717, 1.165) is 30.7 Å². The van der Waals surface area contributed by atoms with E-state index in [4.69, 9.17) is 4.74 Å². The lowest BCUT2D eigenvalue weighted by atomic mass is 10.1. The first-order valence-corrected chi connectivity index (χ1v) is 8.41. The smallest absolute Gasteiger partial charge is 0.131 e. The van der Waals surface area contributed by atoms with Gasteiger partial charge in [0.15, 0.2) is 0 Å². The monoisotopic (exact) mass is 304 g/mol. The molecule has 1 aromatic carbocycles. The van der Waals surface area contributed by atoms with Gasteiger partial charge in [-0.05, 0) is 50.9 Å². The van der Waals surface area contributed by atoms with Crippen molar-refractivity contribution in [3.8, 4) is 5.75 Å². The predicted octanol–water partition coefficient (Wildman–Crippen LogP) is 3.83. The number of nitrogens with zero attached hydrogens (tertiary/aromatic N) is 1. The second-order valence-corrected chi connectivity index (χ2v) is 6.25. The van der Waals surface area contributed by atoms with E-state index in [-0.39, 0.29) is 0 Å². The Morgan fingerprint density at radius 2 is 2.05 bits per heavy atom. The summed E-state index contributed by atoms with van der Waals surface area (Å²) in [7, 11) is 1.99. The molecule has 0 bridgehead atoms. The van der Waals surface area contributed by atoms with Crippen LogP contribution in [0.25, 0.3) is 0 Å². The van der Waals surface area contributed by atoms with Crippen molar-refractivity contribution in [3.63, 3.8) is 0 Å². The Balaban J connectivity index is 1.85. The predicted molar refractivity (Wildman–Crippen MR) is 89.1 cm³/mol. The Morgan fingerprint density at radius 1 is 1.29 bits per heavy atom. The molecule has 4 heteroatoms. The van der Waals surface area contributed by atoms with Crippen molar-refractivity contribution in [2.75, 3.05) is 7.05 Å². The lowest BCUT2D eigenvalue weighted by molar-refractivity contribution is 0.302. The van der Waals surface area contributed by atoms with Gasteiger partial charge in [0.2, 0.25) is 0 Å². The lowest BCUT2D eigenvalue weighted by Crippen LogP contribution is -2.23. The van der Waals surface area contributed by atoms with Crippen molar-refractivity contribution in [1.82, 2.24) is 10.3 Å². The number of rotatable bonds is 8. The summed E-state index contributed by atoms with van der Waals surface area (Å²) >= 11 is 1.72. The number of aromatic nitrogens is 1. The molecule has 0 amide bonds. The van der Waals surface area contributed by atoms with E-state index in [1.807, 2.05) is 19.2 Å². The van der Waals surface area contributed by atoms with Gasteiger partial charge in [-0.15, -0.1) is 11.3 Å². The first kappa shape index (κ1) is 16.0. The van der Waals surface area contributed by atoms with Gasteiger partial charge >= 0.3 is 0 Å². The topological polar surface area (TPSA) is 34.1 Å². The van der Waals surface area contributed by atoms with Crippen LogP contribution in [-0.4, -0.2) is 18.1 Å². The third-order valence-corrected chi connectivity index (χ3v) is 4.37. The third kappa shape index (κ3) is 5.14. The van der Waals surface area contributed by atoms with Crippen LogP contribution in [0.2, 0.25) is 0 Å². The Kier molecular flexibility index (Phi) is 6.21. The molecule has 0 aliphatic carbocycles. The second kappa shape index (κ2) is 8.15. The van der Waals surface area contributed by atoms with Gasteiger partial charge in [0, 0.05) is 11.4 Å². The van der Waals surface area contributed by atoms with Gasteiger partial charge in [-0.3, -0.25) is 0 Å². The maximum absolute atomic E-state index is 5.80. The van der Waals surface area contributed by atoms with Crippen molar-refractivity contribution in [3.05, 3.63) is 45.9 Å². The Morgan fingerprint density at radius 3 is 2.71 bits per heavy atom. The molecule has 114 valence electrons. The molecule has 2 rings (SSSR count). The number of hydrogen-bond acceptors (Lipinski definition) is 4. The number of benzene rings is 1. The molecule has 0 aliphatic heterocycles. The van der Waals surface area contributed by atoms with E-state index in [0.29, 0.717) is 12.6 Å². The zero-order chi connectivity index (χ0) is 15.1. The fourth-order valence-electron chi connectivity index (χ4n) is 2.08. The summed E-state index contributed by atoms with van der Waals surface area (Å²) in [6.07, 6.45) is 3.23. The number of likely N-dealkylation sites (N-methyl/N-ethyl adjacent to an activating group) is 1. The van der Waals surface area contributed by atoms with Gasteiger partial charge in [-0.25, -0.2) is 4.98 Å². The third-order valence-electron chi connectivity index (χ3n) is 3.41. The fourth-order valence-corrected chi connectivity index (χ4v) is 2.96. The molecule has 1 heterocycles. The zero-order valence-corrected chi connectivity index (χ0v) is 13.9. The van der Waals surface area contributed by atoms with Crippen LogP contribution in [0.4, 0.5) is 0 Å². The highest BCUT2D eigenvalue weighted by Crippen LogP contribution is 2.17. The van der Waals surface area contributed by atoms with Gasteiger partial charge in [-0.2, -0.15) is 0 Å². The van der Waals surface area contributed by atoms with E-state index in [1.54, 1.807) is 11.3 Å². The number of nitrogens with one attached hydrogen (secondary N) is 1. The van der Waals surface area contributed by atoms with Gasteiger partial charge in [0.05, 0.1) is 10.7 Å². The number of thiazole rings is 1. The molecule has 0 saturated heterocycles. The molecule has 2 aromatic rings. The molecule has 21 heavy (non-hydrogen) atoms. The zero-order valence-electron chi connectivity index (χ0n) is 13.1. The summed E-state index contributed by atoms with van der Waals surface area (Å²) in [4.78, 5) is 4.57. The number of hydrogen-bond donors (Lipinski definition) is 1. The molecule has 0 aliphatic rings. The van der Waals surface area contributed by atoms with Crippen LogP contribution >= 0.6 is 11.3 Å². The highest BCUT2D eigenvalue weighted by Gasteiger charge is 2.04. The van der Waals surface area contributed by atoms with Crippen LogP contribution in [0.3, 0.4) is 0 Å². The van der Waals surface area contributed by atoms with E-state index in [2.05, 4.69) is 41.7 Å². The second-order valence-electron chi connectivity index (χ2n) is 5.31. The van der Waals surface area contributed by atoms with Gasteiger partial charge in [0.1, 0.15) is 12.4 Å². The van der Waals surface area contributed by atoms with Crippen molar-refractivity contribution in [2.45, 2.75) is 45.8 Å². The normalized spacial score (nSPS) is 12.3. The molecular weight excluding hydrogens is 280 g/mol. The fraction of sp³-hybridized carbons (Fsp3) is 0.471. The van der Waals surface area contributed by atoms with Gasteiger partial charge in [-0.1, -0.05) is 19.1 Å². The minimum atomic E-state index is 0.490. The maximum Gasteiger partial charge on any atom is 0.131 e. The van der Waals surface area contributed by atoms with Crippen molar-refractivity contribution in [1.29, 1.82) is 0 Å². The van der Waals surface area contributed by atoms with Crippen LogP contribution in [0, 0.1) is 0 Å². The molecule has 0 fully saturated rings. The minimum absolute atomic E-state index is 0.490. The Bertz CT molecular complexity index is 536. The largest absolute Gasteiger partial charge is 0.487 e. The molecule has 0 spiro atoms. The Hall–Kier alpha value is -1.39. The van der Waals surface area contributed by atoms with Crippen molar-refractivity contribution < 1.29 is 4.74 Å². The first-order chi connectivity index (χ1) is 10.2. The molecule has 0 radical (unpaired) electrons. The summed E-state index contributed by atoms with van der Waals surface area (Å²) in [5.74, 6) is 0.904. The summed E-state index contributed by atoms with van der Waals surface area (Å²) in [6.45, 7) is 4.90. The van der Waals surface area contributed by atoms with E-state index < -0.39 is 0 Å². The summed E-state index contributed by atoms with van der Waals surface area (Å²) in [6, 6.07) is 8.83. The highest BCUT2D eigenvalue weighted by atomic mass is 32.1. The lowest BCUT2D eigenvalue weighted by Gasteiger charge is -2.10. The molecule has 1 unspecified atom stereocenters. The highest BCUT2D eigenvalue weighted by molar-refractivity contribution is 7.09. The van der Waals surface area contributed by atoms with Crippen molar-refractivity contribution >= 4 is 11.3 Å².